The zero-order chi connectivity index (χ0) is 19.2. The van der Waals surface area contributed by atoms with Crippen molar-refractivity contribution in [1.82, 2.24) is 20.6 Å². The van der Waals surface area contributed by atoms with Crippen LogP contribution in [0.15, 0.2) is 28.7 Å². The van der Waals surface area contributed by atoms with Crippen LogP contribution in [0.5, 0.6) is 0 Å². The van der Waals surface area contributed by atoms with Crippen LogP contribution in [0.4, 0.5) is 10.9 Å². The second kappa shape index (κ2) is 9.03. The van der Waals surface area contributed by atoms with E-state index in [1.165, 1.54) is 5.56 Å². The first-order valence-corrected chi connectivity index (χ1v) is 10.2. The summed E-state index contributed by atoms with van der Waals surface area (Å²) in [6.45, 7) is 4.75. The third-order valence-corrected chi connectivity index (χ3v) is 5.70. The molecule has 0 radical (unpaired) electrons. The second-order valence-electron chi connectivity index (χ2n) is 7.04. The van der Waals surface area contributed by atoms with Crippen molar-refractivity contribution in [3.05, 3.63) is 35.0 Å². The van der Waals surface area contributed by atoms with Crippen molar-refractivity contribution in [1.29, 1.82) is 0 Å². The predicted octanol–water partition coefficient (Wildman–Crippen LogP) is 2.25. The molecule has 27 heavy (non-hydrogen) atoms. The van der Waals surface area contributed by atoms with E-state index < -0.39 is 0 Å². The molecule has 0 atom stereocenters. The molecule has 0 spiro atoms. The van der Waals surface area contributed by atoms with Crippen LogP contribution in [0.2, 0.25) is 0 Å². The lowest BCUT2D eigenvalue weighted by Gasteiger charge is -2.33. The highest BCUT2D eigenvalue weighted by molar-refractivity contribution is 7.13. The molecule has 0 amide bonds. The van der Waals surface area contributed by atoms with Crippen molar-refractivity contribution in [2.75, 3.05) is 44.0 Å². The minimum absolute atomic E-state index is 0.422. The van der Waals surface area contributed by atoms with Crippen LogP contribution in [0.25, 0.3) is 0 Å². The smallest absolute Gasteiger partial charge is 0.191 e. The summed E-state index contributed by atoms with van der Waals surface area (Å²) in [7, 11) is 5.83. The average molecular weight is 388 g/mol. The Morgan fingerprint density at radius 3 is 2.70 bits per heavy atom. The van der Waals surface area contributed by atoms with Gasteiger partial charge in [0.15, 0.2) is 11.1 Å². The number of aromatic nitrogens is 2. The van der Waals surface area contributed by atoms with E-state index in [1.807, 2.05) is 32.2 Å². The van der Waals surface area contributed by atoms with E-state index in [1.54, 1.807) is 11.3 Å². The minimum atomic E-state index is 0.422. The van der Waals surface area contributed by atoms with Gasteiger partial charge in [0.05, 0.1) is 12.2 Å². The molecule has 3 heterocycles. The first kappa shape index (κ1) is 19.4. The molecule has 0 aliphatic carbocycles. The number of anilines is 2. The van der Waals surface area contributed by atoms with Crippen LogP contribution in [0, 0.1) is 6.92 Å². The highest BCUT2D eigenvalue weighted by Gasteiger charge is 2.20. The summed E-state index contributed by atoms with van der Waals surface area (Å²) in [5.74, 6) is 1.91. The molecule has 7 nitrogen and oxygen atoms in total. The normalized spacial score (nSPS) is 15.7. The summed E-state index contributed by atoms with van der Waals surface area (Å²) in [6, 6.07) is 4.66. The standard InChI is InChI=1S/C19H29N7S/c1-14-5-6-17(21-11-14)26-9-7-15(8-10-26)23-18(20-2)22-12-16-13-27-19(24-16)25(3)4/h5-6,11,13,15H,7-10,12H2,1-4H3,(H2,20,22,23). The topological polar surface area (TPSA) is 68.7 Å². The van der Waals surface area contributed by atoms with Gasteiger partial charge in [-0.25, -0.2) is 9.97 Å². The molecule has 1 saturated heterocycles. The summed E-state index contributed by atoms with van der Waals surface area (Å²) in [5, 5.41) is 10.0. The van der Waals surface area contributed by atoms with Gasteiger partial charge in [-0.15, -0.1) is 11.3 Å². The Morgan fingerprint density at radius 2 is 2.11 bits per heavy atom. The van der Waals surface area contributed by atoms with Crippen LogP contribution in [0.1, 0.15) is 24.1 Å². The molecule has 2 aromatic rings. The zero-order valence-corrected chi connectivity index (χ0v) is 17.4. The van der Waals surface area contributed by atoms with Crippen molar-refractivity contribution in [2.24, 2.45) is 4.99 Å². The van der Waals surface area contributed by atoms with Gasteiger partial charge >= 0.3 is 0 Å². The lowest BCUT2D eigenvalue weighted by Crippen LogP contribution is -2.48. The molecule has 3 rings (SSSR count). The maximum atomic E-state index is 4.60. The van der Waals surface area contributed by atoms with Crippen LogP contribution < -0.4 is 20.4 Å². The Kier molecular flexibility index (Phi) is 6.49. The van der Waals surface area contributed by atoms with Crippen LogP contribution in [-0.4, -0.2) is 56.2 Å². The third-order valence-electron chi connectivity index (χ3n) is 4.64. The molecular weight excluding hydrogens is 358 g/mol. The zero-order valence-electron chi connectivity index (χ0n) is 16.6. The van der Waals surface area contributed by atoms with E-state index in [-0.39, 0.29) is 0 Å². The fourth-order valence-electron chi connectivity index (χ4n) is 3.05. The molecule has 146 valence electrons. The van der Waals surface area contributed by atoms with Gasteiger partial charge in [-0.2, -0.15) is 0 Å². The molecule has 0 unspecified atom stereocenters. The largest absolute Gasteiger partial charge is 0.356 e. The fraction of sp³-hybridized carbons (Fsp3) is 0.526. The summed E-state index contributed by atoms with van der Waals surface area (Å²) in [6.07, 6.45) is 4.07. The Bertz CT molecular complexity index is 746. The Balaban J connectivity index is 1.45. The van der Waals surface area contributed by atoms with E-state index >= 15 is 0 Å². The summed E-state index contributed by atoms with van der Waals surface area (Å²) in [4.78, 5) is 17.9. The molecule has 1 fully saturated rings. The van der Waals surface area contributed by atoms with Crippen molar-refractivity contribution in [3.8, 4) is 0 Å². The maximum absolute atomic E-state index is 4.60. The first-order chi connectivity index (χ1) is 13.0. The van der Waals surface area contributed by atoms with E-state index in [0.29, 0.717) is 12.6 Å². The number of hydrogen-bond acceptors (Lipinski definition) is 6. The Morgan fingerprint density at radius 1 is 1.33 bits per heavy atom. The van der Waals surface area contributed by atoms with Crippen molar-refractivity contribution < 1.29 is 0 Å². The van der Waals surface area contributed by atoms with E-state index in [4.69, 9.17) is 0 Å². The predicted molar refractivity (Wildman–Crippen MR) is 114 cm³/mol. The fourth-order valence-corrected chi connectivity index (χ4v) is 3.80. The Labute approximate surface area is 165 Å². The number of piperidine rings is 1. The Hall–Kier alpha value is -2.35. The number of nitrogens with zero attached hydrogens (tertiary/aromatic N) is 5. The molecule has 8 heteroatoms. The molecule has 0 aromatic carbocycles. The van der Waals surface area contributed by atoms with Crippen LogP contribution in [0.3, 0.4) is 0 Å². The average Bonchev–Trinajstić information content (AvgIpc) is 3.16. The number of nitrogens with one attached hydrogen (secondary N) is 2. The molecule has 1 aliphatic rings. The number of pyridine rings is 1. The number of rotatable bonds is 5. The third kappa shape index (κ3) is 5.32. The quantitative estimate of drug-likeness (QED) is 0.606. The van der Waals surface area contributed by atoms with Crippen molar-refractivity contribution in [2.45, 2.75) is 32.4 Å². The highest BCUT2D eigenvalue weighted by atomic mass is 32.1. The van der Waals surface area contributed by atoms with E-state index in [2.05, 4.69) is 54.9 Å². The summed E-state index contributed by atoms with van der Waals surface area (Å²) in [5.41, 5.74) is 2.23. The molecular formula is C19H29N7S. The molecule has 2 N–H and O–H groups in total. The van der Waals surface area contributed by atoms with Crippen LogP contribution in [-0.2, 0) is 6.54 Å². The van der Waals surface area contributed by atoms with Gasteiger partial charge in [0.1, 0.15) is 5.82 Å². The lowest BCUT2D eigenvalue weighted by atomic mass is 10.1. The number of aliphatic imine (C=N–C) groups is 1. The first-order valence-electron chi connectivity index (χ1n) is 9.31. The van der Waals surface area contributed by atoms with Gasteiger partial charge in [0.25, 0.3) is 0 Å². The van der Waals surface area contributed by atoms with Gasteiger partial charge in [0.2, 0.25) is 0 Å². The molecule has 0 saturated carbocycles. The van der Waals surface area contributed by atoms with Gasteiger partial charge in [-0.3, -0.25) is 4.99 Å². The number of hydrogen-bond donors (Lipinski definition) is 2. The monoisotopic (exact) mass is 387 g/mol. The molecule has 0 bridgehead atoms. The lowest BCUT2D eigenvalue weighted by molar-refractivity contribution is 0.459. The van der Waals surface area contributed by atoms with Crippen LogP contribution >= 0.6 is 11.3 Å². The SMILES string of the molecule is CN=C(NCc1csc(N(C)C)n1)NC1CCN(c2ccc(C)cn2)CC1. The molecule has 1 aliphatic heterocycles. The van der Waals surface area contributed by atoms with Crippen molar-refractivity contribution in [3.63, 3.8) is 0 Å². The summed E-state index contributed by atoms with van der Waals surface area (Å²) < 4.78 is 0. The van der Waals surface area contributed by atoms with Gasteiger partial charge in [-0.05, 0) is 31.4 Å². The molecule has 2 aromatic heterocycles. The van der Waals surface area contributed by atoms with E-state index in [0.717, 1.165) is 48.5 Å². The van der Waals surface area contributed by atoms with Gasteiger partial charge in [0, 0.05) is 51.9 Å². The summed E-state index contributed by atoms with van der Waals surface area (Å²) >= 11 is 1.65. The van der Waals surface area contributed by atoms with Crippen molar-refractivity contribution >= 4 is 28.2 Å². The highest BCUT2D eigenvalue weighted by Crippen LogP contribution is 2.19. The van der Waals surface area contributed by atoms with E-state index in [9.17, 15) is 0 Å². The number of aryl methyl sites for hydroxylation is 1. The minimum Gasteiger partial charge on any atom is -0.356 e. The number of guanidine groups is 1. The number of thiazole rings is 1. The van der Waals surface area contributed by atoms with Gasteiger partial charge < -0.3 is 20.4 Å². The second-order valence-corrected chi connectivity index (χ2v) is 7.88. The van der Waals surface area contributed by atoms with Gasteiger partial charge in [-0.1, -0.05) is 6.07 Å². The maximum Gasteiger partial charge on any atom is 0.191 e.